The van der Waals surface area contributed by atoms with E-state index in [0.29, 0.717) is 24.2 Å². The number of anilines is 1. The molecule has 1 amide bonds. The number of aromatic nitrogens is 2. The second-order valence-electron chi connectivity index (χ2n) is 8.39. The molecule has 0 spiro atoms. The molecule has 4 rings (SSSR count). The molecule has 1 aromatic heterocycles. The van der Waals surface area contributed by atoms with Crippen LogP contribution in [0.2, 0.25) is 0 Å². The van der Waals surface area contributed by atoms with E-state index in [1.807, 2.05) is 44.3 Å². The standard InChI is InChI=1S/C27H28N4O3S/c1-20-8-11-24(18-21(20)2)30-35(33,34)25-12-9-23(10-13-25)27(32)29-15-14-26-28-16-17-31(26)19-22-6-4-3-5-7-22/h3-13,16-18,30H,14-15,19H2,1-2H3,(H,29,32). The minimum absolute atomic E-state index is 0.0928. The van der Waals surface area contributed by atoms with Crippen molar-refractivity contribution in [1.29, 1.82) is 0 Å². The number of nitrogens with zero attached hydrogens (tertiary/aromatic N) is 2. The molecule has 0 unspecified atom stereocenters. The van der Waals surface area contributed by atoms with Gasteiger partial charge in [0.2, 0.25) is 0 Å². The van der Waals surface area contributed by atoms with E-state index in [0.717, 1.165) is 23.5 Å². The fourth-order valence-electron chi connectivity index (χ4n) is 3.69. The molecule has 0 fully saturated rings. The first-order valence-electron chi connectivity index (χ1n) is 11.3. The summed E-state index contributed by atoms with van der Waals surface area (Å²) in [5.41, 5.74) is 4.16. The van der Waals surface area contributed by atoms with Crippen LogP contribution in [0.15, 0.2) is 90.1 Å². The minimum Gasteiger partial charge on any atom is -0.352 e. The number of benzene rings is 3. The Bertz CT molecular complexity index is 1410. The zero-order chi connectivity index (χ0) is 24.8. The summed E-state index contributed by atoms with van der Waals surface area (Å²) in [6.45, 7) is 5.03. The first-order chi connectivity index (χ1) is 16.8. The smallest absolute Gasteiger partial charge is 0.261 e. The first-order valence-corrected chi connectivity index (χ1v) is 12.8. The molecular formula is C27H28N4O3S. The number of carbonyl (C=O) groups is 1. The van der Waals surface area contributed by atoms with Crippen molar-refractivity contribution in [2.24, 2.45) is 0 Å². The maximum Gasteiger partial charge on any atom is 0.261 e. The number of amides is 1. The van der Waals surface area contributed by atoms with E-state index >= 15 is 0 Å². The summed E-state index contributed by atoms with van der Waals surface area (Å²) >= 11 is 0. The largest absolute Gasteiger partial charge is 0.352 e. The molecule has 2 N–H and O–H groups in total. The van der Waals surface area contributed by atoms with Crippen LogP contribution in [0.1, 0.15) is 32.9 Å². The molecule has 4 aromatic rings. The zero-order valence-corrected chi connectivity index (χ0v) is 20.5. The van der Waals surface area contributed by atoms with E-state index in [2.05, 4.69) is 31.7 Å². The molecule has 0 saturated carbocycles. The van der Waals surface area contributed by atoms with Gasteiger partial charge in [0.1, 0.15) is 5.82 Å². The zero-order valence-electron chi connectivity index (χ0n) is 19.7. The van der Waals surface area contributed by atoms with Gasteiger partial charge in [-0.2, -0.15) is 0 Å². The van der Waals surface area contributed by atoms with Gasteiger partial charge in [0.25, 0.3) is 15.9 Å². The van der Waals surface area contributed by atoms with Crippen LogP contribution in [-0.4, -0.2) is 30.4 Å². The van der Waals surface area contributed by atoms with Crippen molar-refractivity contribution in [3.05, 3.63) is 113 Å². The number of nitrogens with one attached hydrogen (secondary N) is 2. The fraction of sp³-hybridized carbons (Fsp3) is 0.185. The number of hydrogen-bond acceptors (Lipinski definition) is 4. The highest BCUT2D eigenvalue weighted by atomic mass is 32.2. The van der Waals surface area contributed by atoms with Gasteiger partial charge in [-0.25, -0.2) is 13.4 Å². The number of rotatable bonds is 9. The van der Waals surface area contributed by atoms with Gasteiger partial charge in [-0.05, 0) is 66.9 Å². The number of hydrogen-bond donors (Lipinski definition) is 2. The van der Waals surface area contributed by atoms with Crippen LogP contribution in [0.5, 0.6) is 0 Å². The molecule has 0 aliphatic carbocycles. The Hall–Kier alpha value is -3.91. The van der Waals surface area contributed by atoms with Crippen LogP contribution in [-0.2, 0) is 23.0 Å². The predicted molar refractivity (Wildman–Crippen MR) is 137 cm³/mol. The molecule has 1 heterocycles. The van der Waals surface area contributed by atoms with Gasteiger partial charge >= 0.3 is 0 Å². The van der Waals surface area contributed by atoms with Crippen molar-refractivity contribution in [2.75, 3.05) is 11.3 Å². The molecular weight excluding hydrogens is 460 g/mol. The number of imidazole rings is 1. The van der Waals surface area contributed by atoms with E-state index in [4.69, 9.17) is 0 Å². The molecule has 0 saturated heterocycles. The summed E-state index contributed by atoms with van der Waals surface area (Å²) in [6.07, 6.45) is 4.26. The Balaban J connectivity index is 1.33. The average molecular weight is 489 g/mol. The van der Waals surface area contributed by atoms with Crippen LogP contribution in [0.4, 0.5) is 5.69 Å². The molecule has 180 valence electrons. The molecule has 35 heavy (non-hydrogen) atoms. The van der Waals surface area contributed by atoms with Crippen molar-refractivity contribution in [3.8, 4) is 0 Å². The van der Waals surface area contributed by atoms with Crippen molar-refractivity contribution in [2.45, 2.75) is 31.7 Å². The molecule has 0 aliphatic heterocycles. The lowest BCUT2D eigenvalue weighted by atomic mass is 10.1. The lowest BCUT2D eigenvalue weighted by Crippen LogP contribution is -2.26. The molecule has 8 heteroatoms. The molecule has 0 atom stereocenters. The van der Waals surface area contributed by atoms with Gasteiger partial charge in [0.15, 0.2) is 0 Å². The van der Waals surface area contributed by atoms with E-state index in [9.17, 15) is 13.2 Å². The lowest BCUT2D eigenvalue weighted by molar-refractivity contribution is 0.0954. The third-order valence-corrected chi connectivity index (χ3v) is 7.21. The third kappa shape index (κ3) is 6.16. The van der Waals surface area contributed by atoms with E-state index in [-0.39, 0.29) is 10.8 Å². The van der Waals surface area contributed by atoms with E-state index < -0.39 is 10.0 Å². The van der Waals surface area contributed by atoms with Crippen molar-refractivity contribution in [1.82, 2.24) is 14.9 Å². The second kappa shape index (κ2) is 10.6. The number of aryl methyl sites for hydroxylation is 2. The maximum atomic E-state index is 12.7. The van der Waals surface area contributed by atoms with E-state index in [1.165, 1.54) is 29.8 Å². The topological polar surface area (TPSA) is 93.1 Å². The first kappa shape index (κ1) is 24.2. The van der Waals surface area contributed by atoms with Gasteiger partial charge < -0.3 is 9.88 Å². The molecule has 7 nitrogen and oxygen atoms in total. The Morgan fingerprint density at radius 2 is 1.69 bits per heavy atom. The van der Waals surface area contributed by atoms with Crippen molar-refractivity contribution < 1.29 is 13.2 Å². The van der Waals surface area contributed by atoms with E-state index in [1.54, 1.807) is 18.3 Å². The predicted octanol–water partition coefficient (Wildman–Crippen LogP) is 4.32. The molecule has 0 aliphatic rings. The third-order valence-electron chi connectivity index (χ3n) is 5.82. The SMILES string of the molecule is Cc1ccc(NS(=O)(=O)c2ccc(C(=O)NCCc3nccn3Cc3ccccc3)cc2)cc1C. The lowest BCUT2D eigenvalue weighted by Gasteiger charge is -2.11. The quantitative estimate of drug-likeness (QED) is 0.367. The Morgan fingerprint density at radius 3 is 2.40 bits per heavy atom. The van der Waals surface area contributed by atoms with Crippen LogP contribution in [0.3, 0.4) is 0 Å². The summed E-state index contributed by atoms with van der Waals surface area (Å²) in [7, 11) is -3.76. The molecule has 0 bridgehead atoms. The summed E-state index contributed by atoms with van der Waals surface area (Å²) < 4.78 is 30.1. The average Bonchev–Trinajstić information content (AvgIpc) is 3.28. The fourth-order valence-corrected chi connectivity index (χ4v) is 4.74. The van der Waals surface area contributed by atoms with Gasteiger partial charge in [-0.1, -0.05) is 36.4 Å². The summed E-state index contributed by atoms with van der Waals surface area (Å²) in [6, 6.07) is 21.4. The van der Waals surface area contributed by atoms with Crippen molar-refractivity contribution >= 4 is 21.6 Å². The highest BCUT2D eigenvalue weighted by Gasteiger charge is 2.16. The van der Waals surface area contributed by atoms with Gasteiger partial charge in [0, 0.05) is 43.2 Å². The summed E-state index contributed by atoms with van der Waals surface area (Å²) in [5.74, 6) is 0.616. The second-order valence-corrected chi connectivity index (χ2v) is 10.1. The number of sulfonamides is 1. The van der Waals surface area contributed by atoms with Crippen LogP contribution < -0.4 is 10.0 Å². The van der Waals surface area contributed by atoms with Gasteiger partial charge in [-0.15, -0.1) is 0 Å². The summed E-state index contributed by atoms with van der Waals surface area (Å²) in [4.78, 5) is 17.1. The Kier molecular flexibility index (Phi) is 7.31. The van der Waals surface area contributed by atoms with Gasteiger partial charge in [-0.3, -0.25) is 9.52 Å². The van der Waals surface area contributed by atoms with Crippen LogP contribution in [0.25, 0.3) is 0 Å². The normalized spacial score (nSPS) is 11.3. The number of carbonyl (C=O) groups excluding carboxylic acids is 1. The minimum atomic E-state index is -3.76. The maximum absolute atomic E-state index is 12.7. The molecule has 0 radical (unpaired) electrons. The Labute approximate surface area is 205 Å². The summed E-state index contributed by atoms with van der Waals surface area (Å²) in [5, 5.41) is 2.88. The molecule has 3 aromatic carbocycles. The van der Waals surface area contributed by atoms with Crippen molar-refractivity contribution in [3.63, 3.8) is 0 Å². The van der Waals surface area contributed by atoms with Gasteiger partial charge in [0.05, 0.1) is 4.90 Å². The monoisotopic (exact) mass is 488 g/mol. The van der Waals surface area contributed by atoms with Crippen LogP contribution in [0, 0.1) is 13.8 Å². The highest BCUT2D eigenvalue weighted by Crippen LogP contribution is 2.19. The van der Waals surface area contributed by atoms with Crippen LogP contribution >= 0.6 is 0 Å². The Morgan fingerprint density at radius 1 is 0.943 bits per heavy atom. The highest BCUT2D eigenvalue weighted by molar-refractivity contribution is 7.92.